The zero-order valence-electron chi connectivity index (χ0n) is 11.0. The number of methoxy groups -OCH3 is 1. The summed E-state index contributed by atoms with van der Waals surface area (Å²) in [4.78, 5) is 15.9. The molecular formula is C12H18FN3O2. The molecule has 18 heavy (non-hydrogen) atoms. The molecule has 0 spiro atoms. The summed E-state index contributed by atoms with van der Waals surface area (Å²) in [6.07, 6.45) is 1.06. The van der Waals surface area contributed by atoms with E-state index in [4.69, 9.17) is 4.74 Å². The third-order valence-corrected chi connectivity index (χ3v) is 2.29. The number of rotatable bonds is 5. The Morgan fingerprint density at radius 3 is 2.78 bits per heavy atom. The number of halogens is 1. The Hall–Kier alpha value is -1.69. The van der Waals surface area contributed by atoms with Crippen LogP contribution in [0.1, 0.15) is 24.2 Å². The molecule has 0 radical (unpaired) electrons. The summed E-state index contributed by atoms with van der Waals surface area (Å²) in [5, 5.41) is 5.52. The molecule has 0 saturated heterocycles. The van der Waals surface area contributed by atoms with E-state index in [1.54, 1.807) is 14.2 Å². The van der Waals surface area contributed by atoms with Crippen LogP contribution in [0.3, 0.4) is 0 Å². The predicted molar refractivity (Wildman–Crippen MR) is 67.2 cm³/mol. The van der Waals surface area contributed by atoms with Crippen molar-refractivity contribution in [2.24, 2.45) is 0 Å². The van der Waals surface area contributed by atoms with Crippen molar-refractivity contribution in [2.75, 3.05) is 26.1 Å². The fourth-order valence-electron chi connectivity index (χ4n) is 1.58. The topological polar surface area (TPSA) is 63.2 Å². The van der Waals surface area contributed by atoms with Crippen molar-refractivity contribution in [1.29, 1.82) is 0 Å². The fourth-order valence-corrected chi connectivity index (χ4v) is 1.58. The van der Waals surface area contributed by atoms with Crippen LogP contribution in [0.15, 0.2) is 12.3 Å². The molecule has 100 valence electrons. The van der Waals surface area contributed by atoms with Crippen molar-refractivity contribution in [1.82, 2.24) is 10.3 Å². The Morgan fingerprint density at radius 2 is 2.22 bits per heavy atom. The maximum atomic E-state index is 13.1. The molecule has 0 aromatic carbocycles. The van der Waals surface area contributed by atoms with E-state index < -0.39 is 17.3 Å². The van der Waals surface area contributed by atoms with Crippen LogP contribution in [0, 0.1) is 5.82 Å². The van der Waals surface area contributed by atoms with E-state index >= 15 is 0 Å². The van der Waals surface area contributed by atoms with Crippen molar-refractivity contribution in [2.45, 2.75) is 19.4 Å². The highest BCUT2D eigenvalue weighted by Gasteiger charge is 2.23. The standard InChI is InChI=1S/C12H18FN3O2/c1-12(2,7-18-4)16-11(17)9-5-8(13)6-15-10(9)14-3/h5-6H,7H2,1-4H3,(H,14,15)(H,16,17). The van der Waals surface area contributed by atoms with E-state index in [-0.39, 0.29) is 5.56 Å². The number of carbonyl (C=O) groups is 1. The first kappa shape index (κ1) is 14.4. The van der Waals surface area contributed by atoms with Gasteiger partial charge in [-0.15, -0.1) is 0 Å². The van der Waals surface area contributed by atoms with Crippen LogP contribution in [-0.4, -0.2) is 37.2 Å². The van der Waals surface area contributed by atoms with Gasteiger partial charge in [0.1, 0.15) is 11.6 Å². The fraction of sp³-hybridized carbons (Fsp3) is 0.500. The minimum atomic E-state index is -0.552. The van der Waals surface area contributed by atoms with Gasteiger partial charge >= 0.3 is 0 Å². The van der Waals surface area contributed by atoms with Gasteiger partial charge in [-0.3, -0.25) is 4.79 Å². The van der Waals surface area contributed by atoms with Gasteiger partial charge in [-0.1, -0.05) is 0 Å². The summed E-state index contributed by atoms with van der Waals surface area (Å²) in [6.45, 7) is 4.00. The summed E-state index contributed by atoms with van der Waals surface area (Å²) < 4.78 is 18.1. The SMILES string of the molecule is CNc1ncc(F)cc1C(=O)NC(C)(C)COC. The minimum Gasteiger partial charge on any atom is -0.382 e. The van der Waals surface area contributed by atoms with Crippen molar-refractivity contribution < 1.29 is 13.9 Å². The van der Waals surface area contributed by atoms with Gasteiger partial charge in [-0.2, -0.15) is 0 Å². The normalized spacial score (nSPS) is 11.2. The summed E-state index contributed by atoms with van der Waals surface area (Å²) in [6, 6.07) is 1.15. The maximum absolute atomic E-state index is 13.1. The lowest BCUT2D eigenvalue weighted by Crippen LogP contribution is -2.47. The van der Waals surface area contributed by atoms with Crippen LogP contribution in [-0.2, 0) is 4.74 Å². The first-order valence-corrected chi connectivity index (χ1v) is 5.54. The number of carbonyl (C=O) groups excluding carboxylic acids is 1. The number of nitrogens with zero attached hydrogens (tertiary/aromatic N) is 1. The van der Waals surface area contributed by atoms with E-state index in [0.717, 1.165) is 12.3 Å². The van der Waals surface area contributed by atoms with Crippen LogP contribution < -0.4 is 10.6 Å². The van der Waals surface area contributed by atoms with Gasteiger partial charge in [0, 0.05) is 14.2 Å². The molecule has 0 aliphatic carbocycles. The monoisotopic (exact) mass is 255 g/mol. The molecule has 6 heteroatoms. The first-order valence-electron chi connectivity index (χ1n) is 5.54. The quantitative estimate of drug-likeness (QED) is 0.835. The highest BCUT2D eigenvalue weighted by molar-refractivity contribution is 5.99. The number of amides is 1. The summed E-state index contributed by atoms with van der Waals surface area (Å²) in [5.41, 5.74) is -0.370. The number of nitrogens with one attached hydrogen (secondary N) is 2. The molecule has 1 heterocycles. The molecule has 0 bridgehead atoms. The van der Waals surface area contributed by atoms with E-state index in [1.165, 1.54) is 0 Å². The Kier molecular flexibility index (Phi) is 4.61. The number of ether oxygens (including phenoxy) is 1. The minimum absolute atomic E-state index is 0.168. The second-order valence-electron chi connectivity index (χ2n) is 4.57. The van der Waals surface area contributed by atoms with Gasteiger partial charge in [-0.25, -0.2) is 9.37 Å². The van der Waals surface area contributed by atoms with Gasteiger partial charge in [0.15, 0.2) is 0 Å². The van der Waals surface area contributed by atoms with Crippen LogP contribution >= 0.6 is 0 Å². The Morgan fingerprint density at radius 1 is 1.56 bits per heavy atom. The van der Waals surface area contributed by atoms with Crippen molar-refractivity contribution in [3.05, 3.63) is 23.6 Å². The van der Waals surface area contributed by atoms with Gasteiger partial charge < -0.3 is 15.4 Å². The molecular weight excluding hydrogens is 237 g/mol. The van der Waals surface area contributed by atoms with Crippen LogP contribution in [0.4, 0.5) is 10.2 Å². The number of hydrogen-bond donors (Lipinski definition) is 2. The van der Waals surface area contributed by atoms with E-state index in [1.807, 2.05) is 13.8 Å². The second kappa shape index (κ2) is 5.77. The van der Waals surface area contributed by atoms with Crippen molar-refractivity contribution in [3.63, 3.8) is 0 Å². The van der Waals surface area contributed by atoms with Gasteiger partial charge in [0.2, 0.25) is 0 Å². The molecule has 1 rings (SSSR count). The third kappa shape index (κ3) is 3.66. The van der Waals surface area contributed by atoms with E-state index in [9.17, 15) is 9.18 Å². The van der Waals surface area contributed by atoms with Crippen LogP contribution in [0.5, 0.6) is 0 Å². The number of hydrogen-bond acceptors (Lipinski definition) is 4. The Labute approximate surface area is 106 Å². The molecule has 1 aromatic rings. The van der Waals surface area contributed by atoms with E-state index in [2.05, 4.69) is 15.6 Å². The summed E-state index contributed by atoms with van der Waals surface area (Å²) in [5.74, 6) is -0.612. The second-order valence-corrected chi connectivity index (χ2v) is 4.57. The van der Waals surface area contributed by atoms with Crippen molar-refractivity contribution in [3.8, 4) is 0 Å². The summed E-state index contributed by atoms with van der Waals surface area (Å²) >= 11 is 0. The lowest BCUT2D eigenvalue weighted by Gasteiger charge is -2.25. The van der Waals surface area contributed by atoms with Gasteiger partial charge in [0.05, 0.1) is 23.9 Å². The average Bonchev–Trinajstić information content (AvgIpc) is 2.28. The van der Waals surface area contributed by atoms with Crippen molar-refractivity contribution >= 4 is 11.7 Å². The zero-order valence-corrected chi connectivity index (χ0v) is 11.0. The first-order chi connectivity index (χ1) is 8.39. The lowest BCUT2D eigenvalue weighted by molar-refractivity contribution is 0.0820. The molecule has 1 amide bonds. The predicted octanol–water partition coefficient (Wildman–Crippen LogP) is 1.42. The smallest absolute Gasteiger partial charge is 0.255 e. The number of aromatic nitrogens is 1. The average molecular weight is 255 g/mol. The number of pyridine rings is 1. The third-order valence-electron chi connectivity index (χ3n) is 2.29. The molecule has 2 N–H and O–H groups in total. The molecule has 0 saturated carbocycles. The molecule has 0 fully saturated rings. The highest BCUT2D eigenvalue weighted by atomic mass is 19.1. The Bertz CT molecular complexity index is 435. The highest BCUT2D eigenvalue weighted by Crippen LogP contribution is 2.14. The summed E-state index contributed by atoms with van der Waals surface area (Å²) in [7, 11) is 3.17. The maximum Gasteiger partial charge on any atom is 0.255 e. The molecule has 5 nitrogen and oxygen atoms in total. The van der Waals surface area contributed by atoms with E-state index in [0.29, 0.717) is 12.4 Å². The van der Waals surface area contributed by atoms with Gasteiger partial charge in [0.25, 0.3) is 5.91 Å². The Balaban J connectivity index is 2.93. The molecule has 0 aliphatic heterocycles. The molecule has 0 unspecified atom stereocenters. The number of anilines is 1. The van der Waals surface area contributed by atoms with Gasteiger partial charge in [-0.05, 0) is 19.9 Å². The lowest BCUT2D eigenvalue weighted by atomic mass is 10.1. The molecule has 0 atom stereocenters. The molecule has 1 aromatic heterocycles. The van der Waals surface area contributed by atoms with Crippen LogP contribution in [0.25, 0.3) is 0 Å². The van der Waals surface area contributed by atoms with Crippen LogP contribution in [0.2, 0.25) is 0 Å². The largest absolute Gasteiger partial charge is 0.382 e. The molecule has 0 aliphatic rings. The zero-order chi connectivity index (χ0) is 13.8.